The summed E-state index contributed by atoms with van der Waals surface area (Å²) < 4.78 is 46.3. The molecular weight excluding hydrogens is 146 g/mol. The predicted molar refractivity (Wildman–Crippen MR) is 38.2 cm³/mol. The molecule has 1 aromatic heterocycles. The van der Waals surface area contributed by atoms with Gasteiger partial charge in [0, 0.05) is 11.1 Å². The molecule has 62 valence electrons. The maximum Gasteiger partial charge on any atom is 0.259 e. The molecule has 5 heteroatoms. The first-order chi connectivity index (χ1) is 7.50. The van der Waals surface area contributed by atoms with E-state index in [4.69, 9.17) is 8.22 Å². The summed E-state index contributed by atoms with van der Waals surface area (Å²) >= 11 is 0. The highest BCUT2D eigenvalue weighted by atomic mass is 16.5. The standard InChI is InChI=1S/C6H11N3O2/c1-4(10)5-6(11-3)8-9(2)7-5/h4,10H,1-3H3/i2D3,3D3. The molecule has 0 aromatic carbocycles. The van der Waals surface area contributed by atoms with Crippen molar-refractivity contribution in [3.8, 4) is 5.88 Å². The lowest BCUT2D eigenvalue weighted by atomic mass is 10.3. The van der Waals surface area contributed by atoms with E-state index >= 15 is 0 Å². The van der Waals surface area contributed by atoms with Crippen LogP contribution in [0.15, 0.2) is 0 Å². The lowest BCUT2D eigenvalue weighted by Gasteiger charge is -1.99. The van der Waals surface area contributed by atoms with E-state index in [0.717, 1.165) is 0 Å². The van der Waals surface area contributed by atoms with Gasteiger partial charge in [-0.25, -0.2) is 0 Å². The van der Waals surface area contributed by atoms with Crippen LogP contribution in [-0.4, -0.2) is 27.1 Å². The summed E-state index contributed by atoms with van der Waals surface area (Å²) in [6, 6.07) is 0. The summed E-state index contributed by atoms with van der Waals surface area (Å²) in [7, 11) is -2.79. The fourth-order valence-corrected chi connectivity index (χ4v) is 0.639. The highest BCUT2D eigenvalue weighted by molar-refractivity contribution is 5.17. The Labute approximate surface area is 73.0 Å². The minimum Gasteiger partial charge on any atom is -0.479 e. The van der Waals surface area contributed by atoms with Gasteiger partial charge in [-0.15, -0.1) is 5.10 Å². The Morgan fingerprint density at radius 1 is 1.73 bits per heavy atom. The molecule has 0 fully saturated rings. The van der Waals surface area contributed by atoms with Crippen molar-refractivity contribution in [3.63, 3.8) is 0 Å². The van der Waals surface area contributed by atoms with E-state index in [-0.39, 0.29) is 5.69 Å². The van der Waals surface area contributed by atoms with Crippen LogP contribution in [0.25, 0.3) is 0 Å². The molecule has 1 atom stereocenters. The zero-order valence-electron chi connectivity index (χ0n) is 11.8. The number of ether oxygens (including phenoxy) is 1. The SMILES string of the molecule is [2H]C([2H])([2H])Oc1nn(C([2H])([2H])[2H])nc1C(C)O. The van der Waals surface area contributed by atoms with Gasteiger partial charge >= 0.3 is 0 Å². The smallest absolute Gasteiger partial charge is 0.259 e. The van der Waals surface area contributed by atoms with E-state index in [2.05, 4.69) is 14.9 Å². The molecule has 0 saturated heterocycles. The Morgan fingerprint density at radius 3 is 3.09 bits per heavy atom. The predicted octanol–water partition coefficient (Wildman–Crippen LogP) is -0.123. The minimum absolute atomic E-state index is 0.239. The average molecular weight is 163 g/mol. The van der Waals surface area contributed by atoms with Crippen LogP contribution in [-0.2, 0) is 6.98 Å². The van der Waals surface area contributed by atoms with Gasteiger partial charge in [-0.1, -0.05) is 0 Å². The summed E-state index contributed by atoms with van der Waals surface area (Å²) in [5, 5.41) is 16.2. The molecular formula is C6H11N3O2. The lowest BCUT2D eigenvalue weighted by molar-refractivity contribution is 0.188. The van der Waals surface area contributed by atoms with E-state index in [9.17, 15) is 5.11 Å². The van der Waals surface area contributed by atoms with Crippen molar-refractivity contribution in [2.45, 2.75) is 13.0 Å². The first-order valence-electron chi connectivity index (χ1n) is 5.85. The quantitative estimate of drug-likeness (QED) is 0.660. The Morgan fingerprint density at radius 2 is 2.55 bits per heavy atom. The number of rotatable bonds is 2. The van der Waals surface area contributed by atoms with Crippen molar-refractivity contribution in [1.29, 1.82) is 0 Å². The van der Waals surface area contributed by atoms with E-state index in [1.807, 2.05) is 0 Å². The number of methoxy groups -OCH3 is 1. The molecule has 0 bridgehead atoms. The van der Waals surface area contributed by atoms with Crippen molar-refractivity contribution >= 4 is 0 Å². The molecule has 0 spiro atoms. The second-order valence-electron chi connectivity index (χ2n) is 1.96. The fourth-order valence-electron chi connectivity index (χ4n) is 0.639. The minimum atomic E-state index is -2.79. The van der Waals surface area contributed by atoms with Gasteiger partial charge in [0.15, 0.2) is 5.69 Å². The first kappa shape index (κ1) is 3.10. The molecule has 0 aliphatic carbocycles. The van der Waals surface area contributed by atoms with Crippen LogP contribution in [0, 0.1) is 0 Å². The molecule has 0 saturated carbocycles. The summed E-state index contributed by atoms with van der Waals surface area (Å²) in [5.41, 5.74) is -0.239. The summed E-state index contributed by atoms with van der Waals surface area (Å²) in [4.78, 5) is 0.329. The van der Waals surface area contributed by atoms with Gasteiger partial charge in [-0.3, -0.25) is 0 Å². The van der Waals surface area contributed by atoms with Gasteiger partial charge in [0.1, 0.15) is 6.10 Å². The molecule has 0 aliphatic rings. The second kappa shape index (κ2) is 2.87. The van der Waals surface area contributed by atoms with Crippen molar-refractivity contribution in [3.05, 3.63) is 5.69 Å². The normalized spacial score (nSPS) is 23.5. The van der Waals surface area contributed by atoms with Crippen LogP contribution in [0.2, 0.25) is 0 Å². The topological polar surface area (TPSA) is 60.2 Å². The average Bonchev–Trinajstić information content (AvgIpc) is 2.43. The van der Waals surface area contributed by atoms with Gasteiger partial charge in [-0.05, 0) is 6.92 Å². The van der Waals surface area contributed by atoms with Gasteiger partial charge in [-0.2, -0.15) is 9.90 Å². The summed E-state index contributed by atoms with van der Waals surface area (Å²) in [6.45, 7) is -1.37. The molecule has 1 unspecified atom stereocenters. The molecule has 1 rings (SSSR count). The van der Waals surface area contributed by atoms with Crippen molar-refractivity contribution < 1.29 is 18.1 Å². The molecule has 0 radical (unpaired) electrons. The number of aromatic nitrogens is 3. The van der Waals surface area contributed by atoms with Gasteiger partial charge in [0.05, 0.1) is 11.2 Å². The Bertz CT molecular complexity index is 395. The number of aryl methyl sites for hydroxylation is 1. The first-order valence-corrected chi connectivity index (χ1v) is 2.85. The summed E-state index contributed by atoms with van der Waals surface area (Å²) in [5.74, 6) is -0.517. The number of hydrogen-bond donors (Lipinski definition) is 1. The van der Waals surface area contributed by atoms with Crippen molar-refractivity contribution in [2.24, 2.45) is 6.98 Å². The van der Waals surface area contributed by atoms with E-state index in [1.54, 1.807) is 0 Å². The zero-order chi connectivity index (χ0) is 13.4. The van der Waals surface area contributed by atoms with E-state index in [1.165, 1.54) is 6.92 Å². The third-order valence-corrected chi connectivity index (χ3v) is 1.10. The third kappa shape index (κ3) is 1.48. The Kier molecular flexibility index (Phi) is 0.811. The van der Waals surface area contributed by atoms with Crippen LogP contribution in [0.5, 0.6) is 5.88 Å². The van der Waals surface area contributed by atoms with Crippen molar-refractivity contribution in [2.75, 3.05) is 7.04 Å². The van der Waals surface area contributed by atoms with Crippen LogP contribution < -0.4 is 4.74 Å². The molecule has 1 N–H and O–H groups in total. The maximum atomic E-state index is 9.32. The molecule has 5 nitrogen and oxygen atoms in total. The molecule has 11 heavy (non-hydrogen) atoms. The molecule has 1 aromatic rings. The fraction of sp³-hybridized carbons (Fsp3) is 0.667. The lowest BCUT2D eigenvalue weighted by Crippen LogP contribution is -1.96. The molecule has 0 aliphatic heterocycles. The van der Waals surface area contributed by atoms with Crippen LogP contribution in [0.1, 0.15) is 26.9 Å². The Hall–Kier alpha value is -1.10. The monoisotopic (exact) mass is 163 g/mol. The van der Waals surface area contributed by atoms with E-state index in [0.29, 0.717) is 4.80 Å². The van der Waals surface area contributed by atoms with Gasteiger partial charge in [0.2, 0.25) is 0 Å². The largest absolute Gasteiger partial charge is 0.479 e. The van der Waals surface area contributed by atoms with E-state index < -0.39 is 26.0 Å². The zero-order valence-corrected chi connectivity index (χ0v) is 5.77. The number of hydrogen-bond acceptors (Lipinski definition) is 4. The van der Waals surface area contributed by atoms with Crippen LogP contribution >= 0.6 is 0 Å². The van der Waals surface area contributed by atoms with Gasteiger partial charge < -0.3 is 9.84 Å². The maximum absolute atomic E-state index is 9.32. The highest BCUT2D eigenvalue weighted by Gasteiger charge is 2.14. The number of aliphatic hydroxyl groups excluding tert-OH is 1. The highest BCUT2D eigenvalue weighted by Crippen LogP contribution is 2.18. The van der Waals surface area contributed by atoms with Gasteiger partial charge in [0.25, 0.3) is 5.88 Å². The Balaban J connectivity index is 3.15. The van der Waals surface area contributed by atoms with Crippen LogP contribution in [0.4, 0.5) is 0 Å². The van der Waals surface area contributed by atoms with Crippen LogP contribution in [0.3, 0.4) is 0 Å². The number of aliphatic hydroxyl groups is 1. The third-order valence-electron chi connectivity index (χ3n) is 1.10. The molecule has 1 heterocycles. The number of nitrogens with zero attached hydrogens (tertiary/aromatic N) is 3. The molecule has 0 amide bonds. The van der Waals surface area contributed by atoms with Crippen molar-refractivity contribution in [1.82, 2.24) is 15.0 Å². The second-order valence-corrected chi connectivity index (χ2v) is 1.96. The summed E-state index contributed by atoms with van der Waals surface area (Å²) in [6.07, 6.45) is -1.19.